The lowest BCUT2D eigenvalue weighted by molar-refractivity contribution is 0.199. The summed E-state index contributed by atoms with van der Waals surface area (Å²) < 4.78 is 13.7. The van der Waals surface area contributed by atoms with E-state index in [4.69, 9.17) is 0 Å². The maximum atomic E-state index is 13.7. The van der Waals surface area contributed by atoms with Crippen molar-refractivity contribution in [3.8, 4) is 0 Å². The van der Waals surface area contributed by atoms with E-state index in [9.17, 15) is 9.50 Å². The molecule has 0 aliphatic carbocycles. The van der Waals surface area contributed by atoms with Gasteiger partial charge >= 0.3 is 0 Å². The van der Waals surface area contributed by atoms with Gasteiger partial charge < -0.3 is 10.0 Å². The largest absolute Gasteiger partial charge is 0.389 e. The van der Waals surface area contributed by atoms with Gasteiger partial charge in [0.2, 0.25) is 0 Å². The molecule has 1 aliphatic rings. The second-order valence-corrected chi connectivity index (χ2v) is 6.10. The number of nitrogens with zero attached hydrogens (tertiary/aromatic N) is 1. The SMILES string of the molecule is Cc1cc(N2CCSCC2C)c([C@H](C)O)cc1F. The van der Waals surface area contributed by atoms with E-state index >= 15 is 0 Å². The standard InChI is InChI=1S/C14H20FNOS/c1-9-6-14(12(11(3)17)7-13(9)15)16-4-5-18-8-10(16)2/h6-7,10-11,17H,4-5,8H2,1-3H3/t10?,11-/m0/s1. The first-order valence-electron chi connectivity index (χ1n) is 6.33. The smallest absolute Gasteiger partial charge is 0.126 e. The van der Waals surface area contributed by atoms with Crippen LogP contribution in [0.4, 0.5) is 10.1 Å². The normalized spacial score (nSPS) is 22.1. The Bertz CT molecular complexity index is 436. The van der Waals surface area contributed by atoms with Crippen LogP contribution in [0.1, 0.15) is 31.1 Å². The maximum Gasteiger partial charge on any atom is 0.126 e. The summed E-state index contributed by atoms with van der Waals surface area (Å²) in [5.41, 5.74) is 2.31. The fraction of sp³-hybridized carbons (Fsp3) is 0.571. The van der Waals surface area contributed by atoms with Crippen LogP contribution in [0.15, 0.2) is 12.1 Å². The van der Waals surface area contributed by atoms with Crippen molar-refractivity contribution in [3.05, 3.63) is 29.1 Å². The number of thioether (sulfide) groups is 1. The minimum atomic E-state index is -0.642. The van der Waals surface area contributed by atoms with Gasteiger partial charge in [0.05, 0.1) is 6.10 Å². The summed E-state index contributed by atoms with van der Waals surface area (Å²) in [6, 6.07) is 3.76. The number of halogens is 1. The first-order valence-corrected chi connectivity index (χ1v) is 7.48. The highest BCUT2D eigenvalue weighted by molar-refractivity contribution is 7.99. The third kappa shape index (κ3) is 2.64. The number of hydrogen-bond acceptors (Lipinski definition) is 3. The highest BCUT2D eigenvalue weighted by Gasteiger charge is 2.23. The monoisotopic (exact) mass is 269 g/mol. The van der Waals surface area contributed by atoms with Gasteiger partial charge in [0.15, 0.2) is 0 Å². The Balaban J connectivity index is 2.44. The summed E-state index contributed by atoms with van der Waals surface area (Å²) >= 11 is 1.94. The van der Waals surface area contributed by atoms with Gasteiger partial charge in [-0.2, -0.15) is 11.8 Å². The number of aliphatic hydroxyl groups excluding tert-OH is 1. The third-order valence-electron chi connectivity index (χ3n) is 3.44. The quantitative estimate of drug-likeness (QED) is 0.892. The van der Waals surface area contributed by atoms with Gasteiger partial charge in [0.1, 0.15) is 5.82 Å². The molecule has 0 saturated carbocycles. The fourth-order valence-electron chi connectivity index (χ4n) is 2.35. The van der Waals surface area contributed by atoms with E-state index in [-0.39, 0.29) is 5.82 Å². The average Bonchev–Trinajstić information content (AvgIpc) is 2.32. The molecular formula is C14H20FNOS. The predicted molar refractivity (Wildman–Crippen MR) is 75.9 cm³/mol. The molecule has 0 radical (unpaired) electrons. The Kier molecular flexibility index (Phi) is 4.17. The summed E-state index contributed by atoms with van der Waals surface area (Å²) in [5.74, 6) is 1.92. The molecule has 0 bridgehead atoms. The minimum absolute atomic E-state index is 0.242. The van der Waals surface area contributed by atoms with E-state index in [1.807, 2.05) is 17.8 Å². The fourth-order valence-corrected chi connectivity index (χ4v) is 3.36. The molecule has 1 fully saturated rings. The zero-order valence-corrected chi connectivity index (χ0v) is 11.9. The third-order valence-corrected chi connectivity index (χ3v) is 4.62. The van der Waals surface area contributed by atoms with Crippen LogP contribution in [0.2, 0.25) is 0 Å². The zero-order chi connectivity index (χ0) is 13.3. The summed E-state index contributed by atoms with van der Waals surface area (Å²) in [7, 11) is 0. The molecule has 0 aromatic heterocycles. The molecule has 1 heterocycles. The lowest BCUT2D eigenvalue weighted by atomic mass is 10.0. The van der Waals surface area contributed by atoms with E-state index in [1.54, 1.807) is 13.8 Å². The molecule has 1 unspecified atom stereocenters. The second kappa shape index (κ2) is 5.49. The van der Waals surface area contributed by atoms with Gasteiger partial charge in [-0.15, -0.1) is 0 Å². The second-order valence-electron chi connectivity index (χ2n) is 4.95. The molecule has 1 N–H and O–H groups in total. The Labute approximate surface area is 112 Å². The van der Waals surface area contributed by atoms with Crippen molar-refractivity contribution < 1.29 is 9.50 Å². The Morgan fingerprint density at radius 1 is 1.50 bits per heavy atom. The minimum Gasteiger partial charge on any atom is -0.389 e. The van der Waals surface area contributed by atoms with E-state index in [1.165, 1.54) is 6.07 Å². The van der Waals surface area contributed by atoms with Crippen molar-refractivity contribution in [2.75, 3.05) is 23.0 Å². The number of aliphatic hydroxyl groups is 1. The van der Waals surface area contributed by atoms with Crippen molar-refractivity contribution in [1.29, 1.82) is 0 Å². The molecule has 2 atom stereocenters. The van der Waals surface area contributed by atoms with Crippen molar-refractivity contribution >= 4 is 17.4 Å². The molecule has 0 amide bonds. The van der Waals surface area contributed by atoms with Gasteiger partial charge in [-0.3, -0.25) is 0 Å². The molecule has 1 aromatic rings. The number of hydrogen-bond donors (Lipinski definition) is 1. The van der Waals surface area contributed by atoms with E-state index in [0.29, 0.717) is 17.2 Å². The van der Waals surface area contributed by atoms with Gasteiger partial charge in [-0.05, 0) is 38.5 Å². The first-order chi connectivity index (χ1) is 8.50. The topological polar surface area (TPSA) is 23.5 Å². The Morgan fingerprint density at radius 2 is 2.22 bits per heavy atom. The average molecular weight is 269 g/mol. The molecule has 18 heavy (non-hydrogen) atoms. The van der Waals surface area contributed by atoms with Gasteiger partial charge in [0, 0.05) is 35.3 Å². The lowest BCUT2D eigenvalue weighted by Crippen LogP contribution is -2.41. The van der Waals surface area contributed by atoms with Gasteiger partial charge in [0.25, 0.3) is 0 Å². The van der Waals surface area contributed by atoms with Crippen molar-refractivity contribution in [3.63, 3.8) is 0 Å². The van der Waals surface area contributed by atoms with Crippen molar-refractivity contribution in [2.24, 2.45) is 0 Å². The molecular weight excluding hydrogens is 249 g/mol. The molecule has 1 saturated heterocycles. The number of benzene rings is 1. The summed E-state index contributed by atoms with van der Waals surface area (Å²) in [5, 5.41) is 9.84. The van der Waals surface area contributed by atoms with Crippen LogP contribution < -0.4 is 4.90 Å². The number of rotatable bonds is 2. The number of anilines is 1. The van der Waals surface area contributed by atoms with E-state index < -0.39 is 6.10 Å². The van der Waals surface area contributed by atoms with Gasteiger partial charge in [-0.25, -0.2) is 4.39 Å². The van der Waals surface area contributed by atoms with Crippen LogP contribution in [-0.2, 0) is 0 Å². The number of aryl methyl sites for hydroxylation is 1. The van der Waals surface area contributed by atoms with Crippen LogP contribution in [0.3, 0.4) is 0 Å². The summed E-state index contributed by atoms with van der Waals surface area (Å²) in [6.45, 7) is 6.60. The Hall–Kier alpha value is -0.740. The van der Waals surface area contributed by atoms with Crippen molar-refractivity contribution in [1.82, 2.24) is 0 Å². The van der Waals surface area contributed by atoms with Crippen LogP contribution in [0, 0.1) is 12.7 Å². The lowest BCUT2D eigenvalue weighted by Gasteiger charge is -2.37. The summed E-state index contributed by atoms with van der Waals surface area (Å²) in [6.07, 6.45) is -0.642. The first kappa shape index (κ1) is 13.7. The molecule has 2 rings (SSSR count). The van der Waals surface area contributed by atoms with E-state index in [2.05, 4.69) is 11.8 Å². The predicted octanol–water partition coefficient (Wildman–Crippen LogP) is 3.13. The maximum absolute atomic E-state index is 13.7. The molecule has 2 nitrogen and oxygen atoms in total. The highest BCUT2D eigenvalue weighted by atomic mass is 32.2. The molecule has 4 heteroatoms. The highest BCUT2D eigenvalue weighted by Crippen LogP contribution is 2.32. The summed E-state index contributed by atoms with van der Waals surface area (Å²) in [4.78, 5) is 2.28. The molecule has 1 aromatic carbocycles. The molecule has 100 valence electrons. The molecule has 1 aliphatic heterocycles. The Morgan fingerprint density at radius 3 is 2.83 bits per heavy atom. The van der Waals surface area contributed by atoms with E-state index in [0.717, 1.165) is 23.7 Å². The van der Waals surface area contributed by atoms with Gasteiger partial charge in [-0.1, -0.05) is 0 Å². The molecule has 0 spiro atoms. The van der Waals surface area contributed by atoms with Crippen molar-refractivity contribution in [2.45, 2.75) is 32.9 Å². The zero-order valence-electron chi connectivity index (χ0n) is 11.1. The van der Waals surface area contributed by atoms with Crippen LogP contribution in [0.25, 0.3) is 0 Å². The van der Waals surface area contributed by atoms with Crippen LogP contribution >= 0.6 is 11.8 Å². The van der Waals surface area contributed by atoms with Crippen LogP contribution in [-0.4, -0.2) is 29.2 Å². The van der Waals surface area contributed by atoms with Crippen LogP contribution in [0.5, 0.6) is 0 Å².